The van der Waals surface area contributed by atoms with Gasteiger partial charge in [0.05, 0.1) is 4.90 Å². The van der Waals surface area contributed by atoms with Crippen LogP contribution in [0, 0.1) is 5.92 Å². The van der Waals surface area contributed by atoms with Gasteiger partial charge in [-0.25, -0.2) is 8.42 Å². The van der Waals surface area contributed by atoms with Gasteiger partial charge >= 0.3 is 0 Å². The van der Waals surface area contributed by atoms with Crippen molar-refractivity contribution in [1.82, 2.24) is 9.62 Å². The Hall–Kier alpha value is -1.93. The Labute approximate surface area is 161 Å². The van der Waals surface area contributed by atoms with Crippen LogP contribution in [0.15, 0.2) is 29.2 Å². The highest BCUT2D eigenvalue weighted by Crippen LogP contribution is 2.28. The Balaban J connectivity index is 2.21. The standard InChI is InChI=1S/C19H29N3O4S/c1-4-22(5-2)27(25,26)17-12-8-11-16(13-17)21-19(24)18(20-14(3)23)15-9-6-7-10-15/h8,11-13,15,18H,4-7,9-10H2,1-3H3,(H,20,23)(H,21,24). The van der Waals surface area contributed by atoms with E-state index in [-0.39, 0.29) is 22.6 Å². The van der Waals surface area contributed by atoms with Gasteiger partial charge < -0.3 is 10.6 Å². The van der Waals surface area contributed by atoms with Crippen LogP contribution >= 0.6 is 0 Å². The molecule has 0 radical (unpaired) electrons. The van der Waals surface area contributed by atoms with Gasteiger partial charge in [0.25, 0.3) is 0 Å². The molecular formula is C19H29N3O4S. The molecular weight excluding hydrogens is 366 g/mol. The first-order chi connectivity index (χ1) is 12.8. The lowest BCUT2D eigenvalue weighted by Crippen LogP contribution is -2.47. The van der Waals surface area contributed by atoms with Crippen molar-refractivity contribution in [2.45, 2.75) is 57.4 Å². The summed E-state index contributed by atoms with van der Waals surface area (Å²) in [6, 6.07) is 5.64. The van der Waals surface area contributed by atoms with E-state index in [1.165, 1.54) is 23.4 Å². The molecule has 150 valence electrons. The highest BCUT2D eigenvalue weighted by atomic mass is 32.2. The summed E-state index contributed by atoms with van der Waals surface area (Å²) in [4.78, 5) is 24.4. The van der Waals surface area contributed by atoms with Gasteiger partial charge in [-0.15, -0.1) is 0 Å². The van der Waals surface area contributed by atoms with E-state index >= 15 is 0 Å². The van der Waals surface area contributed by atoms with Crippen molar-refractivity contribution in [2.75, 3.05) is 18.4 Å². The Morgan fingerprint density at radius 2 is 1.81 bits per heavy atom. The largest absolute Gasteiger partial charge is 0.344 e. The van der Waals surface area contributed by atoms with E-state index in [1.54, 1.807) is 26.0 Å². The normalized spacial score (nSPS) is 16.3. The number of hydrogen-bond donors (Lipinski definition) is 2. The number of carbonyl (C=O) groups excluding carboxylic acids is 2. The summed E-state index contributed by atoms with van der Waals surface area (Å²) < 4.78 is 26.7. The van der Waals surface area contributed by atoms with Crippen LogP contribution in [0.4, 0.5) is 5.69 Å². The minimum absolute atomic E-state index is 0.108. The van der Waals surface area contributed by atoms with E-state index in [2.05, 4.69) is 10.6 Å². The summed E-state index contributed by atoms with van der Waals surface area (Å²) in [5.74, 6) is -0.453. The van der Waals surface area contributed by atoms with Gasteiger partial charge in [-0.05, 0) is 37.0 Å². The first kappa shape index (κ1) is 21.4. The van der Waals surface area contributed by atoms with Crippen molar-refractivity contribution in [3.8, 4) is 0 Å². The Kier molecular flexibility index (Phi) is 7.38. The Bertz CT molecular complexity index is 769. The molecule has 0 heterocycles. The summed E-state index contributed by atoms with van der Waals surface area (Å²) in [5.41, 5.74) is 0.404. The number of anilines is 1. The van der Waals surface area contributed by atoms with Gasteiger partial charge in [-0.1, -0.05) is 32.8 Å². The van der Waals surface area contributed by atoms with Gasteiger partial charge in [0.2, 0.25) is 21.8 Å². The van der Waals surface area contributed by atoms with Gasteiger partial charge in [0, 0.05) is 25.7 Å². The molecule has 1 aromatic rings. The fourth-order valence-electron chi connectivity index (χ4n) is 3.57. The van der Waals surface area contributed by atoms with Gasteiger partial charge in [0.1, 0.15) is 6.04 Å². The second kappa shape index (κ2) is 9.32. The number of carbonyl (C=O) groups is 2. The summed E-state index contributed by atoms with van der Waals surface area (Å²) in [5, 5.41) is 5.52. The number of nitrogens with one attached hydrogen (secondary N) is 2. The van der Waals surface area contributed by atoms with Crippen molar-refractivity contribution in [3.05, 3.63) is 24.3 Å². The van der Waals surface area contributed by atoms with E-state index in [0.717, 1.165) is 25.7 Å². The van der Waals surface area contributed by atoms with E-state index in [4.69, 9.17) is 0 Å². The van der Waals surface area contributed by atoms with Crippen molar-refractivity contribution < 1.29 is 18.0 Å². The fourth-order valence-corrected chi connectivity index (χ4v) is 5.08. The smallest absolute Gasteiger partial charge is 0.247 e. The quantitative estimate of drug-likeness (QED) is 0.706. The molecule has 8 heteroatoms. The topological polar surface area (TPSA) is 95.6 Å². The molecule has 2 N–H and O–H groups in total. The predicted octanol–water partition coefficient (Wildman–Crippen LogP) is 2.35. The highest BCUT2D eigenvalue weighted by Gasteiger charge is 2.31. The number of sulfonamides is 1. The lowest BCUT2D eigenvalue weighted by atomic mass is 9.97. The molecule has 1 aromatic carbocycles. The van der Waals surface area contributed by atoms with Gasteiger partial charge in [-0.3, -0.25) is 9.59 Å². The van der Waals surface area contributed by atoms with E-state index in [0.29, 0.717) is 18.8 Å². The third kappa shape index (κ3) is 5.29. The molecule has 1 atom stereocenters. The average molecular weight is 396 g/mol. The van der Waals surface area contributed by atoms with Crippen molar-refractivity contribution in [3.63, 3.8) is 0 Å². The minimum atomic E-state index is -3.60. The molecule has 1 fully saturated rings. The van der Waals surface area contributed by atoms with Crippen LogP contribution in [0.1, 0.15) is 46.5 Å². The maximum absolute atomic E-state index is 12.8. The van der Waals surface area contributed by atoms with Crippen LogP contribution in [0.25, 0.3) is 0 Å². The number of nitrogens with zero attached hydrogens (tertiary/aromatic N) is 1. The zero-order valence-corrected chi connectivity index (χ0v) is 17.0. The monoisotopic (exact) mass is 395 g/mol. The van der Waals surface area contributed by atoms with E-state index in [9.17, 15) is 18.0 Å². The van der Waals surface area contributed by atoms with E-state index < -0.39 is 16.1 Å². The number of hydrogen-bond acceptors (Lipinski definition) is 4. The van der Waals surface area contributed by atoms with Crippen LogP contribution in [0.2, 0.25) is 0 Å². The number of amides is 2. The van der Waals surface area contributed by atoms with Crippen LogP contribution < -0.4 is 10.6 Å². The molecule has 1 aliphatic rings. The molecule has 0 bridgehead atoms. The van der Waals surface area contributed by atoms with Gasteiger partial charge in [0.15, 0.2) is 0 Å². The minimum Gasteiger partial charge on any atom is -0.344 e. The molecule has 1 aliphatic carbocycles. The summed E-state index contributed by atoms with van der Waals surface area (Å²) in [7, 11) is -3.60. The zero-order chi connectivity index (χ0) is 20.0. The highest BCUT2D eigenvalue weighted by molar-refractivity contribution is 7.89. The van der Waals surface area contributed by atoms with E-state index in [1.807, 2.05) is 0 Å². The average Bonchev–Trinajstić information content (AvgIpc) is 3.14. The van der Waals surface area contributed by atoms with Crippen LogP contribution in [-0.4, -0.2) is 43.7 Å². The first-order valence-electron chi connectivity index (χ1n) is 9.47. The van der Waals surface area contributed by atoms with Gasteiger partial charge in [-0.2, -0.15) is 4.31 Å². The first-order valence-corrected chi connectivity index (χ1v) is 10.9. The molecule has 0 saturated heterocycles. The Morgan fingerprint density at radius 1 is 1.19 bits per heavy atom. The van der Waals surface area contributed by atoms with Crippen LogP contribution in [-0.2, 0) is 19.6 Å². The third-order valence-electron chi connectivity index (χ3n) is 4.96. The second-order valence-corrected chi connectivity index (χ2v) is 8.77. The molecule has 1 saturated carbocycles. The molecule has 7 nitrogen and oxygen atoms in total. The van der Waals surface area contributed by atoms with Crippen LogP contribution in [0.3, 0.4) is 0 Å². The molecule has 27 heavy (non-hydrogen) atoms. The van der Waals surface area contributed by atoms with Crippen LogP contribution in [0.5, 0.6) is 0 Å². The van der Waals surface area contributed by atoms with Crippen molar-refractivity contribution >= 4 is 27.5 Å². The maximum Gasteiger partial charge on any atom is 0.247 e. The Morgan fingerprint density at radius 3 is 2.37 bits per heavy atom. The maximum atomic E-state index is 12.8. The number of benzene rings is 1. The zero-order valence-electron chi connectivity index (χ0n) is 16.2. The summed E-state index contributed by atoms with van der Waals surface area (Å²) in [6.45, 7) is 5.72. The molecule has 0 aliphatic heterocycles. The molecule has 0 spiro atoms. The molecule has 2 rings (SSSR count). The van der Waals surface area contributed by atoms with Crippen molar-refractivity contribution in [1.29, 1.82) is 0 Å². The molecule has 1 unspecified atom stereocenters. The fraction of sp³-hybridized carbons (Fsp3) is 0.579. The predicted molar refractivity (Wildman–Crippen MR) is 105 cm³/mol. The van der Waals surface area contributed by atoms with Crippen molar-refractivity contribution in [2.24, 2.45) is 5.92 Å². The molecule has 2 amide bonds. The number of rotatable bonds is 8. The lowest BCUT2D eigenvalue weighted by molar-refractivity contribution is -0.126. The summed E-state index contributed by atoms with van der Waals surface area (Å²) >= 11 is 0. The summed E-state index contributed by atoms with van der Waals surface area (Å²) in [6.07, 6.45) is 3.89. The lowest BCUT2D eigenvalue weighted by Gasteiger charge is -2.23. The SMILES string of the molecule is CCN(CC)S(=O)(=O)c1cccc(NC(=O)C(NC(C)=O)C2CCCC2)c1. The molecule has 0 aromatic heterocycles. The second-order valence-electron chi connectivity index (χ2n) is 6.83. The third-order valence-corrected chi connectivity index (χ3v) is 7.00.